The third-order valence-corrected chi connectivity index (χ3v) is 2.99. The van der Waals surface area contributed by atoms with Gasteiger partial charge >= 0.3 is 0 Å². The second-order valence-electron chi connectivity index (χ2n) is 6.87. The first-order chi connectivity index (χ1) is 6.79. The summed E-state index contributed by atoms with van der Waals surface area (Å²) in [7, 11) is 0. The highest BCUT2D eigenvalue weighted by atomic mass is 16.5. The Balaban J connectivity index is 2.40. The molecule has 0 saturated heterocycles. The van der Waals surface area contributed by atoms with Gasteiger partial charge in [-0.25, -0.2) is 0 Å². The van der Waals surface area contributed by atoms with Crippen molar-refractivity contribution < 1.29 is 4.74 Å². The summed E-state index contributed by atoms with van der Waals surface area (Å²) < 4.78 is 6.25. The minimum atomic E-state index is 0.0419. The van der Waals surface area contributed by atoms with Gasteiger partial charge in [-0.3, -0.25) is 0 Å². The van der Waals surface area contributed by atoms with E-state index in [1.165, 1.54) is 32.1 Å². The van der Waals surface area contributed by atoms with E-state index in [-0.39, 0.29) is 5.60 Å². The molecule has 0 bridgehead atoms. The first-order valence-corrected chi connectivity index (χ1v) is 6.46. The van der Waals surface area contributed by atoms with E-state index in [9.17, 15) is 0 Å². The molecule has 0 aromatic carbocycles. The van der Waals surface area contributed by atoms with Gasteiger partial charge in [-0.2, -0.15) is 0 Å². The molecule has 1 fully saturated rings. The second kappa shape index (κ2) is 4.86. The van der Waals surface area contributed by atoms with Gasteiger partial charge in [0.25, 0.3) is 0 Å². The minimum Gasteiger partial charge on any atom is -0.372 e. The standard InChI is InChI=1S/C14H28O/c1-13(2,3)11-14(4,5)15-12-9-7-6-8-10-12/h12H,6-11H2,1-5H3. The highest BCUT2D eigenvalue weighted by molar-refractivity contribution is 4.79. The summed E-state index contributed by atoms with van der Waals surface area (Å²) in [4.78, 5) is 0. The average Bonchev–Trinajstić information content (AvgIpc) is 1.99. The third-order valence-electron chi connectivity index (χ3n) is 2.99. The van der Waals surface area contributed by atoms with Crippen LogP contribution in [0, 0.1) is 5.41 Å². The first-order valence-electron chi connectivity index (χ1n) is 6.46. The summed E-state index contributed by atoms with van der Waals surface area (Å²) in [6.07, 6.45) is 8.32. The van der Waals surface area contributed by atoms with Gasteiger partial charge in [0.2, 0.25) is 0 Å². The van der Waals surface area contributed by atoms with Crippen molar-refractivity contribution >= 4 is 0 Å². The molecule has 1 aliphatic carbocycles. The summed E-state index contributed by atoms with van der Waals surface area (Å²) in [6.45, 7) is 11.4. The lowest BCUT2D eigenvalue weighted by molar-refractivity contribution is -0.101. The van der Waals surface area contributed by atoms with Gasteiger partial charge in [0, 0.05) is 0 Å². The van der Waals surface area contributed by atoms with E-state index in [1.54, 1.807) is 0 Å². The molecule has 1 saturated carbocycles. The quantitative estimate of drug-likeness (QED) is 0.667. The Hall–Kier alpha value is -0.0400. The predicted molar refractivity (Wildman–Crippen MR) is 66.1 cm³/mol. The Labute approximate surface area is 95.6 Å². The van der Waals surface area contributed by atoms with Crippen LogP contribution in [0.3, 0.4) is 0 Å². The van der Waals surface area contributed by atoms with E-state index in [4.69, 9.17) is 4.74 Å². The molecule has 0 amide bonds. The van der Waals surface area contributed by atoms with Gasteiger partial charge in [0.15, 0.2) is 0 Å². The summed E-state index contributed by atoms with van der Waals surface area (Å²) in [5.74, 6) is 0. The zero-order valence-electron chi connectivity index (χ0n) is 11.2. The van der Waals surface area contributed by atoms with Crippen molar-refractivity contribution in [3.05, 3.63) is 0 Å². The molecule has 1 nitrogen and oxygen atoms in total. The topological polar surface area (TPSA) is 9.23 Å². The maximum Gasteiger partial charge on any atom is 0.0635 e. The molecule has 0 spiro atoms. The molecule has 0 unspecified atom stereocenters. The average molecular weight is 212 g/mol. The SMILES string of the molecule is CC(C)(C)CC(C)(C)OC1CCCCC1. The molecule has 1 rings (SSSR count). The van der Waals surface area contributed by atoms with Crippen molar-refractivity contribution in [2.45, 2.75) is 84.8 Å². The molecule has 0 heterocycles. The van der Waals surface area contributed by atoms with E-state index in [2.05, 4.69) is 34.6 Å². The van der Waals surface area contributed by atoms with Gasteiger partial charge in [-0.15, -0.1) is 0 Å². The number of hydrogen-bond donors (Lipinski definition) is 0. The molecule has 0 N–H and O–H groups in total. The van der Waals surface area contributed by atoms with E-state index in [0.717, 1.165) is 6.42 Å². The van der Waals surface area contributed by atoms with Gasteiger partial charge in [0.05, 0.1) is 11.7 Å². The monoisotopic (exact) mass is 212 g/mol. The van der Waals surface area contributed by atoms with Gasteiger partial charge in [-0.1, -0.05) is 40.0 Å². The minimum absolute atomic E-state index is 0.0419. The zero-order valence-corrected chi connectivity index (χ0v) is 11.2. The van der Waals surface area contributed by atoms with Crippen LogP contribution in [0.25, 0.3) is 0 Å². The molecule has 0 aromatic heterocycles. The summed E-state index contributed by atoms with van der Waals surface area (Å²) in [5.41, 5.74) is 0.401. The Bertz CT molecular complexity index is 182. The fraction of sp³-hybridized carbons (Fsp3) is 1.00. The molecular formula is C14H28O. The van der Waals surface area contributed by atoms with Crippen LogP contribution < -0.4 is 0 Å². The van der Waals surface area contributed by atoms with Crippen molar-refractivity contribution in [3.63, 3.8) is 0 Å². The Kier molecular flexibility index (Phi) is 4.22. The maximum atomic E-state index is 6.25. The molecule has 0 radical (unpaired) electrons. The van der Waals surface area contributed by atoms with Crippen LogP contribution in [-0.4, -0.2) is 11.7 Å². The van der Waals surface area contributed by atoms with Crippen molar-refractivity contribution in [2.24, 2.45) is 5.41 Å². The van der Waals surface area contributed by atoms with Crippen molar-refractivity contribution in [2.75, 3.05) is 0 Å². The largest absolute Gasteiger partial charge is 0.372 e. The highest BCUT2D eigenvalue weighted by Gasteiger charge is 2.29. The van der Waals surface area contributed by atoms with E-state index >= 15 is 0 Å². The summed E-state index contributed by atoms with van der Waals surface area (Å²) >= 11 is 0. The Morgan fingerprint density at radius 1 is 0.933 bits per heavy atom. The van der Waals surface area contributed by atoms with Crippen molar-refractivity contribution in [1.82, 2.24) is 0 Å². The van der Waals surface area contributed by atoms with Gasteiger partial charge in [0.1, 0.15) is 0 Å². The number of ether oxygens (including phenoxy) is 1. The summed E-state index contributed by atoms with van der Waals surface area (Å²) in [6, 6.07) is 0. The molecule has 90 valence electrons. The molecule has 0 atom stereocenters. The molecule has 15 heavy (non-hydrogen) atoms. The maximum absolute atomic E-state index is 6.25. The normalized spacial score (nSPS) is 20.6. The van der Waals surface area contributed by atoms with Gasteiger partial charge < -0.3 is 4.74 Å². The molecule has 1 aliphatic rings. The van der Waals surface area contributed by atoms with E-state index in [1.807, 2.05) is 0 Å². The van der Waals surface area contributed by atoms with Crippen molar-refractivity contribution in [1.29, 1.82) is 0 Å². The predicted octanol–water partition coefficient (Wildman–Crippen LogP) is 4.55. The van der Waals surface area contributed by atoms with Crippen LogP contribution >= 0.6 is 0 Å². The lowest BCUT2D eigenvalue weighted by Gasteiger charge is -2.37. The summed E-state index contributed by atoms with van der Waals surface area (Å²) in [5, 5.41) is 0. The zero-order chi connectivity index (χ0) is 11.5. The van der Waals surface area contributed by atoms with Crippen LogP contribution in [0.15, 0.2) is 0 Å². The molecule has 0 aromatic rings. The van der Waals surface area contributed by atoms with Crippen LogP contribution in [0.5, 0.6) is 0 Å². The Morgan fingerprint density at radius 2 is 1.47 bits per heavy atom. The molecule has 0 aliphatic heterocycles. The molecular weight excluding hydrogens is 184 g/mol. The lowest BCUT2D eigenvalue weighted by atomic mass is 9.83. The first kappa shape index (κ1) is 13.0. The van der Waals surface area contributed by atoms with Crippen LogP contribution in [0.2, 0.25) is 0 Å². The number of rotatable bonds is 3. The van der Waals surface area contributed by atoms with Gasteiger partial charge in [-0.05, 0) is 38.5 Å². The van der Waals surface area contributed by atoms with E-state index in [0.29, 0.717) is 11.5 Å². The third kappa shape index (κ3) is 5.55. The molecule has 1 heteroatoms. The smallest absolute Gasteiger partial charge is 0.0635 e. The lowest BCUT2D eigenvalue weighted by Crippen LogP contribution is -2.35. The van der Waals surface area contributed by atoms with Crippen LogP contribution in [0.1, 0.15) is 73.1 Å². The van der Waals surface area contributed by atoms with Crippen molar-refractivity contribution in [3.8, 4) is 0 Å². The van der Waals surface area contributed by atoms with Crippen LogP contribution in [0.4, 0.5) is 0 Å². The fourth-order valence-corrected chi connectivity index (χ4v) is 2.95. The van der Waals surface area contributed by atoms with E-state index < -0.39 is 0 Å². The Morgan fingerprint density at radius 3 is 1.93 bits per heavy atom. The fourth-order valence-electron chi connectivity index (χ4n) is 2.95. The second-order valence-corrected chi connectivity index (χ2v) is 6.87. The number of hydrogen-bond acceptors (Lipinski definition) is 1. The van der Waals surface area contributed by atoms with Crippen LogP contribution in [-0.2, 0) is 4.74 Å². The highest BCUT2D eigenvalue weighted by Crippen LogP contribution is 2.33.